The fourth-order valence-corrected chi connectivity index (χ4v) is 10.0. The predicted octanol–water partition coefficient (Wildman–Crippen LogP) is 12.8. The van der Waals surface area contributed by atoms with Crippen LogP contribution in [-0.4, -0.2) is 32.8 Å². The molecule has 0 aliphatic carbocycles. The molecule has 0 fully saturated rings. The molecule has 0 saturated heterocycles. The van der Waals surface area contributed by atoms with Crippen molar-refractivity contribution in [3.63, 3.8) is 0 Å². The van der Waals surface area contributed by atoms with Gasteiger partial charge < -0.3 is 8.98 Å². The number of aryl methyl sites for hydroxylation is 2. The number of rotatable bonds is 6. The number of benzene rings is 5. The second-order valence-electron chi connectivity index (χ2n) is 16.4. The summed E-state index contributed by atoms with van der Waals surface area (Å²) < 4.78 is 49.6. The zero-order chi connectivity index (χ0) is 44.2. The standard InChI is InChI=1S/C31H20N3O.C20H28GeN.Ir/c1-20-17-18-25-24-13-8-14-26(29(24)35-31(25)32-20)30-33-27-15-5-6-16-28(27)34(30)23-12-7-11-22(19-23)21-9-3-2-4-10-21;1-15-8-10-16(11-9-15)19-12-17(13-20(2,3)4)18(14-22-19)21(5,6)7;/h2-13,15-19H,1H3;8-10,12,14H,13H2,1-7H3;/q2*-1;/i;1D3,13D2;. The molecule has 0 N–H and O–H groups in total. The molecule has 0 aliphatic rings. The number of aromatic nitrogens is 4. The largest absolute Gasteiger partial charge is 0 e. The summed E-state index contributed by atoms with van der Waals surface area (Å²) in [6.45, 7) is 5.53. The Labute approximate surface area is 365 Å². The second kappa shape index (κ2) is 16.6. The van der Waals surface area contributed by atoms with E-state index in [1.807, 2.05) is 82.4 Å². The van der Waals surface area contributed by atoms with E-state index in [1.165, 1.54) is 11.6 Å². The van der Waals surface area contributed by atoms with E-state index < -0.39 is 31.9 Å². The summed E-state index contributed by atoms with van der Waals surface area (Å²) >= 11 is -2.36. The molecule has 1 radical (unpaired) electrons. The first-order valence-corrected chi connectivity index (χ1v) is 26.5. The Morgan fingerprint density at radius 3 is 2.33 bits per heavy atom. The Hall–Kier alpha value is -5.14. The third-order valence-corrected chi connectivity index (χ3v) is 14.0. The minimum absolute atomic E-state index is 0. The van der Waals surface area contributed by atoms with Crippen molar-refractivity contribution in [1.82, 2.24) is 19.5 Å². The van der Waals surface area contributed by atoms with Gasteiger partial charge in [0, 0.05) is 36.9 Å². The van der Waals surface area contributed by atoms with Gasteiger partial charge >= 0.3 is 145 Å². The molecule has 4 heterocycles. The van der Waals surface area contributed by atoms with Crippen LogP contribution in [0.3, 0.4) is 0 Å². The summed E-state index contributed by atoms with van der Waals surface area (Å²) in [5, 5.41) is 2.01. The summed E-state index contributed by atoms with van der Waals surface area (Å²) in [7, 11) is 0. The molecule has 0 amide bonds. The number of para-hydroxylation sites is 2. The van der Waals surface area contributed by atoms with Crippen LogP contribution in [0.5, 0.6) is 0 Å². The summed E-state index contributed by atoms with van der Waals surface area (Å²) in [5.41, 5.74) is 10.1. The van der Waals surface area contributed by atoms with Crippen LogP contribution in [0.1, 0.15) is 44.4 Å². The van der Waals surface area contributed by atoms with Crippen molar-refractivity contribution in [2.45, 2.75) is 58.2 Å². The Morgan fingerprint density at radius 1 is 0.810 bits per heavy atom. The summed E-state index contributed by atoms with van der Waals surface area (Å²) in [6.07, 6.45) is 0.303. The van der Waals surface area contributed by atoms with Gasteiger partial charge in [0.25, 0.3) is 0 Å². The molecule has 58 heavy (non-hydrogen) atoms. The first-order valence-electron chi connectivity index (χ1n) is 21.7. The van der Waals surface area contributed by atoms with Crippen LogP contribution in [0, 0.1) is 31.3 Å². The zero-order valence-corrected chi connectivity index (χ0v) is 38.2. The Kier molecular flexibility index (Phi) is 9.99. The number of fused-ring (bicyclic) bond motifs is 4. The molecule has 0 atom stereocenters. The molecule has 0 aliphatic heterocycles. The van der Waals surface area contributed by atoms with Gasteiger partial charge in [0.05, 0.1) is 22.4 Å². The van der Waals surface area contributed by atoms with E-state index in [0.717, 1.165) is 60.1 Å². The average Bonchev–Trinajstić information content (AvgIpc) is 3.81. The molecule has 9 aromatic rings. The number of furan rings is 1. The van der Waals surface area contributed by atoms with Crippen molar-refractivity contribution in [2.75, 3.05) is 0 Å². The van der Waals surface area contributed by atoms with E-state index in [4.69, 9.17) is 16.3 Å². The van der Waals surface area contributed by atoms with Crippen LogP contribution in [0.2, 0.25) is 17.3 Å². The molecule has 5 nitrogen and oxygen atoms in total. The van der Waals surface area contributed by atoms with Crippen LogP contribution in [-0.2, 0) is 26.5 Å². The fraction of sp³-hybridized carbons (Fsp3) is 0.196. The number of hydrogen-bond donors (Lipinski definition) is 0. The summed E-state index contributed by atoms with van der Waals surface area (Å²) in [5.74, 6) is 7.49. The number of hydrogen-bond acceptors (Lipinski definition) is 4. The smallest absolute Gasteiger partial charge is 0 e. The Bertz CT molecular complexity index is 3080. The van der Waals surface area contributed by atoms with Crippen molar-refractivity contribution < 1.29 is 31.4 Å². The molecule has 5 aromatic carbocycles. The van der Waals surface area contributed by atoms with Crippen LogP contribution < -0.4 is 4.40 Å². The van der Waals surface area contributed by atoms with Gasteiger partial charge in [-0.05, 0) is 54.4 Å². The van der Waals surface area contributed by atoms with Gasteiger partial charge in [0.15, 0.2) is 0 Å². The molecule has 9 rings (SSSR count). The van der Waals surface area contributed by atoms with Crippen molar-refractivity contribution in [2.24, 2.45) is 5.41 Å². The monoisotopic (exact) mass is 1000 g/mol. The van der Waals surface area contributed by atoms with Gasteiger partial charge in [0.1, 0.15) is 0 Å². The fourth-order valence-electron chi connectivity index (χ4n) is 7.08. The van der Waals surface area contributed by atoms with E-state index in [0.29, 0.717) is 22.5 Å². The molecule has 4 aromatic heterocycles. The van der Waals surface area contributed by atoms with E-state index in [9.17, 15) is 0 Å². The normalized spacial score (nSPS) is 13.5. The maximum absolute atomic E-state index is 8.80. The molecule has 7 heteroatoms. The molecule has 0 bridgehead atoms. The predicted molar refractivity (Wildman–Crippen MR) is 240 cm³/mol. The quantitative estimate of drug-likeness (QED) is 0.123. The average molecular weight is 1000 g/mol. The van der Waals surface area contributed by atoms with Gasteiger partial charge in [-0.15, -0.1) is 18.2 Å². The van der Waals surface area contributed by atoms with Gasteiger partial charge in [-0.3, -0.25) is 4.98 Å². The first kappa shape index (κ1) is 34.9. The van der Waals surface area contributed by atoms with Crippen LogP contribution in [0.15, 0.2) is 138 Å². The van der Waals surface area contributed by atoms with E-state index in [1.54, 1.807) is 12.1 Å². The third-order valence-electron chi connectivity index (χ3n) is 9.74. The van der Waals surface area contributed by atoms with Crippen molar-refractivity contribution >= 4 is 50.8 Å². The summed E-state index contributed by atoms with van der Waals surface area (Å²) in [6, 6.07) is 48.2. The minimum atomic E-state index is -2.36. The first-order chi connectivity index (χ1) is 29.3. The number of imidazole rings is 1. The maximum Gasteiger partial charge on any atom is 0 e. The number of nitrogens with zero attached hydrogens (tertiary/aromatic N) is 4. The van der Waals surface area contributed by atoms with Gasteiger partial charge in [-0.25, -0.2) is 4.98 Å². The Balaban J connectivity index is 0.000000193. The molecule has 0 spiro atoms. The van der Waals surface area contributed by atoms with E-state index in [-0.39, 0.29) is 25.7 Å². The zero-order valence-electron chi connectivity index (χ0n) is 38.7. The van der Waals surface area contributed by atoms with Gasteiger partial charge in [-0.1, -0.05) is 65.5 Å². The molecule has 0 saturated carbocycles. The van der Waals surface area contributed by atoms with Gasteiger partial charge in [-0.2, -0.15) is 0 Å². The topological polar surface area (TPSA) is 56.7 Å². The van der Waals surface area contributed by atoms with E-state index in [2.05, 4.69) is 105 Å². The second-order valence-corrected chi connectivity index (χ2v) is 27.0. The van der Waals surface area contributed by atoms with Crippen LogP contribution >= 0.6 is 0 Å². The van der Waals surface area contributed by atoms with Crippen LogP contribution in [0.4, 0.5) is 0 Å². The van der Waals surface area contributed by atoms with Gasteiger partial charge in [0.2, 0.25) is 5.71 Å². The number of pyridine rings is 2. The summed E-state index contributed by atoms with van der Waals surface area (Å²) in [4.78, 5) is 14.2. The Morgan fingerprint density at radius 2 is 1.59 bits per heavy atom. The third kappa shape index (κ3) is 8.66. The van der Waals surface area contributed by atoms with Crippen molar-refractivity contribution in [3.05, 3.63) is 163 Å². The SMILES string of the molecule is Cc1ccc2c(n1)oc1c(-c3nc4ccccc4n3-c3cccc(-c4ccccc4)c3)[c-]ccc12.[2H]C([2H])([2H])c1c[c-]c(-c2cc(C([2H])([2H])C(C)(C)C)[c]([Ge]([CH3])([CH3])[CH3])cn2)cc1.[Ir]. The van der Waals surface area contributed by atoms with Crippen molar-refractivity contribution in [1.29, 1.82) is 0 Å². The van der Waals surface area contributed by atoms with Crippen LogP contribution in [0.25, 0.3) is 72.6 Å². The molecular formula is C51H48GeIrN4O-2. The molecule has 0 unspecified atom stereocenters. The molecule has 293 valence electrons. The van der Waals surface area contributed by atoms with Crippen molar-refractivity contribution in [3.8, 4) is 39.5 Å². The maximum atomic E-state index is 8.80. The molecular weight excluding hydrogens is 949 g/mol. The van der Waals surface area contributed by atoms with E-state index >= 15 is 0 Å². The minimum Gasteiger partial charge on any atom is 0 e.